The van der Waals surface area contributed by atoms with E-state index in [4.69, 9.17) is 28.3 Å². The number of likely N-dealkylation sites (N-methyl/N-ethyl adjacent to an activating group) is 1. The van der Waals surface area contributed by atoms with Crippen molar-refractivity contribution >= 4 is 41.0 Å². The van der Waals surface area contributed by atoms with Crippen molar-refractivity contribution in [2.75, 3.05) is 13.6 Å². The smallest absolute Gasteiger partial charge is 0.308 e. The van der Waals surface area contributed by atoms with Crippen LogP contribution in [0.4, 0.5) is 0 Å². The topological polar surface area (TPSA) is 86.7 Å². The fourth-order valence-corrected chi connectivity index (χ4v) is 2.31. The molecule has 0 bridgehead atoms. The van der Waals surface area contributed by atoms with Crippen molar-refractivity contribution in [2.45, 2.75) is 19.9 Å². The molecule has 6 nitrogen and oxygen atoms in total. The number of carbonyl (C=O) groups is 3. The molecule has 2 atom stereocenters. The molecule has 0 radical (unpaired) electrons. The second-order valence-electron chi connectivity index (χ2n) is 5.25. The molecule has 1 rings (SSSR count). The molecular formula is C15H18Cl2N2O4. The number of hydrogen-bond donors (Lipinski definition) is 2. The molecule has 126 valence electrons. The Morgan fingerprint density at radius 2 is 1.87 bits per heavy atom. The Hall–Kier alpha value is -1.79. The Labute approximate surface area is 144 Å². The van der Waals surface area contributed by atoms with Gasteiger partial charge >= 0.3 is 5.97 Å². The van der Waals surface area contributed by atoms with Crippen LogP contribution in [0, 0.1) is 5.92 Å². The van der Waals surface area contributed by atoms with E-state index in [2.05, 4.69) is 5.32 Å². The van der Waals surface area contributed by atoms with Crippen molar-refractivity contribution in [1.82, 2.24) is 10.2 Å². The monoisotopic (exact) mass is 360 g/mol. The van der Waals surface area contributed by atoms with Crippen LogP contribution in [0.2, 0.25) is 10.0 Å². The van der Waals surface area contributed by atoms with Crippen LogP contribution < -0.4 is 5.32 Å². The van der Waals surface area contributed by atoms with Crippen LogP contribution in [0.3, 0.4) is 0 Å². The largest absolute Gasteiger partial charge is 0.481 e. The van der Waals surface area contributed by atoms with Crippen molar-refractivity contribution < 1.29 is 19.5 Å². The highest BCUT2D eigenvalue weighted by molar-refractivity contribution is 6.43. The Morgan fingerprint density at radius 3 is 2.43 bits per heavy atom. The SMILES string of the molecule is CC(CN(C)C(=O)C(C)NC(=O)c1cccc(Cl)c1Cl)C(=O)O. The van der Waals surface area contributed by atoms with E-state index in [1.807, 2.05) is 0 Å². The molecule has 0 fully saturated rings. The molecule has 2 N–H and O–H groups in total. The quantitative estimate of drug-likeness (QED) is 0.814. The van der Waals surface area contributed by atoms with E-state index < -0.39 is 29.7 Å². The minimum Gasteiger partial charge on any atom is -0.481 e. The molecule has 0 spiro atoms. The Bertz CT molecular complexity index is 621. The fraction of sp³-hybridized carbons (Fsp3) is 0.400. The number of carbonyl (C=O) groups excluding carboxylic acids is 2. The summed E-state index contributed by atoms with van der Waals surface area (Å²) in [5, 5.41) is 11.7. The number of carboxylic acid groups (broad SMARTS) is 1. The van der Waals surface area contributed by atoms with Gasteiger partial charge in [-0.3, -0.25) is 14.4 Å². The first-order chi connectivity index (χ1) is 10.6. The highest BCUT2D eigenvalue weighted by Gasteiger charge is 2.24. The van der Waals surface area contributed by atoms with Crippen molar-refractivity contribution in [2.24, 2.45) is 5.92 Å². The highest BCUT2D eigenvalue weighted by atomic mass is 35.5. The van der Waals surface area contributed by atoms with Gasteiger partial charge in [-0.1, -0.05) is 36.2 Å². The van der Waals surface area contributed by atoms with Crippen LogP contribution in [-0.4, -0.2) is 47.4 Å². The number of nitrogens with zero attached hydrogens (tertiary/aromatic N) is 1. The summed E-state index contributed by atoms with van der Waals surface area (Å²) < 4.78 is 0. The summed E-state index contributed by atoms with van der Waals surface area (Å²) in [6.07, 6.45) is 0. The van der Waals surface area contributed by atoms with E-state index in [9.17, 15) is 14.4 Å². The lowest BCUT2D eigenvalue weighted by molar-refractivity contribution is -0.142. The van der Waals surface area contributed by atoms with Gasteiger partial charge in [0.15, 0.2) is 0 Å². The van der Waals surface area contributed by atoms with Gasteiger partial charge in [0.1, 0.15) is 6.04 Å². The first-order valence-electron chi connectivity index (χ1n) is 6.87. The summed E-state index contributed by atoms with van der Waals surface area (Å²) in [5.41, 5.74) is 0.167. The number of hydrogen-bond acceptors (Lipinski definition) is 3. The average Bonchev–Trinajstić information content (AvgIpc) is 2.48. The zero-order valence-corrected chi connectivity index (χ0v) is 14.5. The molecule has 0 saturated carbocycles. The lowest BCUT2D eigenvalue weighted by Gasteiger charge is -2.23. The number of rotatable bonds is 6. The number of amides is 2. The third kappa shape index (κ3) is 5.11. The summed E-state index contributed by atoms with van der Waals surface area (Å²) >= 11 is 11.8. The van der Waals surface area contributed by atoms with E-state index in [-0.39, 0.29) is 22.2 Å². The Kier molecular flexibility index (Phi) is 6.84. The summed E-state index contributed by atoms with van der Waals surface area (Å²) in [6, 6.07) is 3.80. The molecular weight excluding hydrogens is 343 g/mol. The molecule has 8 heteroatoms. The zero-order chi connectivity index (χ0) is 17.7. The second kappa shape index (κ2) is 8.17. The van der Waals surface area contributed by atoms with Gasteiger partial charge in [-0.2, -0.15) is 0 Å². The molecule has 23 heavy (non-hydrogen) atoms. The van der Waals surface area contributed by atoms with Crippen LogP contribution in [0.5, 0.6) is 0 Å². The molecule has 1 aromatic rings. The van der Waals surface area contributed by atoms with Crippen molar-refractivity contribution in [1.29, 1.82) is 0 Å². The van der Waals surface area contributed by atoms with E-state index in [1.54, 1.807) is 12.1 Å². The van der Waals surface area contributed by atoms with Crippen molar-refractivity contribution in [3.8, 4) is 0 Å². The number of carboxylic acids is 1. The molecule has 0 aliphatic rings. The lowest BCUT2D eigenvalue weighted by atomic mass is 10.1. The Morgan fingerprint density at radius 1 is 1.26 bits per heavy atom. The molecule has 0 saturated heterocycles. The van der Waals surface area contributed by atoms with Crippen molar-refractivity contribution in [3.63, 3.8) is 0 Å². The molecule has 0 heterocycles. The maximum absolute atomic E-state index is 12.2. The average molecular weight is 361 g/mol. The van der Waals surface area contributed by atoms with Crippen LogP contribution in [0.15, 0.2) is 18.2 Å². The molecule has 0 aliphatic heterocycles. The van der Waals surface area contributed by atoms with Gasteiger partial charge in [-0.15, -0.1) is 0 Å². The van der Waals surface area contributed by atoms with Gasteiger partial charge in [0.25, 0.3) is 5.91 Å². The fourth-order valence-electron chi connectivity index (χ4n) is 1.92. The van der Waals surface area contributed by atoms with Crippen LogP contribution in [0.25, 0.3) is 0 Å². The molecule has 0 aromatic heterocycles. The van der Waals surface area contributed by atoms with E-state index in [1.165, 1.54) is 31.9 Å². The Balaban J connectivity index is 2.73. The highest BCUT2D eigenvalue weighted by Crippen LogP contribution is 2.25. The minimum atomic E-state index is -0.993. The van der Waals surface area contributed by atoms with Crippen molar-refractivity contribution in [3.05, 3.63) is 33.8 Å². The standard InChI is InChI=1S/C15H18Cl2N2O4/c1-8(15(22)23)7-19(3)14(21)9(2)18-13(20)10-5-4-6-11(16)12(10)17/h4-6,8-9H,7H2,1-3H3,(H,18,20)(H,22,23). The first-order valence-corrected chi connectivity index (χ1v) is 7.63. The normalized spacial score (nSPS) is 13.1. The predicted octanol–water partition coefficient (Wildman–Crippen LogP) is 2.29. The summed E-state index contributed by atoms with van der Waals surface area (Å²) in [6.45, 7) is 3.06. The minimum absolute atomic E-state index is 0.0479. The van der Waals surface area contributed by atoms with Gasteiger partial charge in [-0.25, -0.2) is 0 Å². The van der Waals surface area contributed by atoms with Gasteiger partial charge in [0.05, 0.1) is 21.5 Å². The number of aliphatic carboxylic acids is 1. The van der Waals surface area contributed by atoms with Gasteiger partial charge in [0, 0.05) is 13.6 Å². The van der Waals surface area contributed by atoms with Crippen LogP contribution in [-0.2, 0) is 9.59 Å². The molecule has 2 unspecified atom stereocenters. The lowest BCUT2D eigenvalue weighted by Crippen LogP contribution is -2.47. The number of halogens is 2. The third-order valence-electron chi connectivity index (χ3n) is 3.26. The van der Waals surface area contributed by atoms with E-state index >= 15 is 0 Å². The maximum atomic E-state index is 12.2. The van der Waals surface area contributed by atoms with Gasteiger partial charge in [-0.05, 0) is 19.1 Å². The molecule has 1 aromatic carbocycles. The second-order valence-corrected chi connectivity index (χ2v) is 6.04. The number of benzene rings is 1. The summed E-state index contributed by atoms with van der Waals surface area (Å²) in [5.74, 6) is -2.62. The summed E-state index contributed by atoms with van der Waals surface area (Å²) in [7, 11) is 1.48. The first kappa shape index (κ1) is 19.3. The number of nitrogens with one attached hydrogen (secondary N) is 1. The van der Waals surface area contributed by atoms with Crippen LogP contribution in [0.1, 0.15) is 24.2 Å². The zero-order valence-electron chi connectivity index (χ0n) is 13.0. The van der Waals surface area contributed by atoms with Crippen LogP contribution >= 0.6 is 23.2 Å². The van der Waals surface area contributed by atoms with Gasteiger partial charge in [0.2, 0.25) is 5.91 Å². The van der Waals surface area contributed by atoms with E-state index in [0.29, 0.717) is 0 Å². The molecule has 0 aliphatic carbocycles. The molecule has 2 amide bonds. The summed E-state index contributed by atoms with van der Waals surface area (Å²) in [4.78, 5) is 36.4. The van der Waals surface area contributed by atoms with Gasteiger partial charge < -0.3 is 15.3 Å². The third-order valence-corrected chi connectivity index (χ3v) is 4.08. The predicted molar refractivity (Wildman–Crippen MR) is 87.8 cm³/mol. The maximum Gasteiger partial charge on any atom is 0.308 e. The van der Waals surface area contributed by atoms with E-state index in [0.717, 1.165) is 0 Å².